The summed E-state index contributed by atoms with van der Waals surface area (Å²) in [6, 6.07) is 11.1. The van der Waals surface area contributed by atoms with Gasteiger partial charge < -0.3 is 20.1 Å². The summed E-state index contributed by atoms with van der Waals surface area (Å²) in [7, 11) is 0. The number of aliphatic hydroxyl groups excluding tert-OH is 1. The maximum Gasteiger partial charge on any atom is 0.298 e. The number of morpholine rings is 1. The molecule has 0 aromatic carbocycles. The highest BCUT2D eigenvalue weighted by Gasteiger charge is 2.29. The minimum atomic E-state index is -2.57. The van der Waals surface area contributed by atoms with Crippen LogP contribution in [0.5, 0.6) is 0 Å². The second kappa shape index (κ2) is 12.1. The predicted octanol–water partition coefficient (Wildman–Crippen LogP) is 3.27. The lowest BCUT2D eigenvalue weighted by atomic mass is 10.0. The summed E-state index contributed by atoms with van der Waals surface area (Å²) in [5.74, 6) is -1.99. The third-order valence-electron chi connectivity index (χ3n) is 6.70. The SMILES string of the molecule is CC1CN(c2cccc(-c3ccc4cnc(CC(=O)NC5CC(O)CN(SC(F)F)C5)cc4n3)n2)CC(C)O1. The molecular weight excluding hydrogens is 526 g/mol. The number of β-amino-alcohol motifs (C(OH)–C–C–N with tert-alkyl or cyclic N) is 1. The second-order valence-electron chi connectivity index (χ2n) is 10.2. The molecule has 2 aliphatic rings. The Morgan fingerprint density at radius 3 is 2.67 bits per heavy atom. The third-order valence-corrected chi connectivity index (χ3v) is 7.46. The van der Waals surface area contributed by atoms with E-state index in [0.29, 0.717) is 35.3 Å². The van der Waals surface area contributed by atoms with Crippen molar-refractivity contribution in [2.75, 3.05) is 31.1 Å². The van der Waals surface area contributed by atoms with Crippen LogP contribution in [-0.4, -0.2) is 86.6 Å². The van der Waals surface area contributed by atoms with Gasteiger partial charge in [-0.25, -0.2) is 14.3 Å². The summed E-state index contributed by atoms with van der Waals surface area (Å²) in [6.07, 6.45) is 1.48. The van der Waals surface area contributed by atoms with Gasteiger partial charge in [0.25, 0.3) is 5.76 Å². The smallest absolute Gasteiger partial charge is 0.298 e. The monoisotopic (exact) mass is 558 g/mol. The van der Waals surface area contributed by atoms with E-state index in [2.05, 4.69) is 29.0 Å². The van der Waals surface area contributed by atoms with Crippen molar-refractivity contribution in [3.63, 3.8) is 0 Å². The Kier molecular flexibility index (Phi) is 8.55. The highest BCUT2D eigenvalue weighted by molar-refractivity contribution is 7.97. The van der Waals surface area contributed by atoms with Gasteiger partial charge in [-0.05, 0) is 62.5 Å². The molecule has 9 nitrogen and oxygen atoms in total. The maximum absolute atomic E-state index is 12.7. The van der Waals surface area contributed by atoms with Crippen LogP contribution in [-0.2, 0) is 16.0 Å². The predicted molar refractivity (Wildman–Crippen MR) is 146 cm³/mol. The van der Waals surface area contributed by atoms with Gasteiger partial charge in [0, 0.05) is 43.8 Å². The zero-order chi connectivity index (χ0) is 27.5. The van der Waals surface area contributed by atoms with Crippen LogP contribution in [0.1, 0.15) is 26.0 Å². The zero-order valence-electron chi connectivity index (χ0n) is 21.8. The Morgan fingerprint density at radius 1 is 1.13 bits per heavy atom. The van der Waals surface area contributed by atoms with Gasteiger partial charge in [-0.15, -0.1) is 0 Å². The number of aliphatic hydroxyl groups is 1. The Bertz CT molecular complexity index is 1310. The number of nitrogens with zero attached hydrogens (tertiary/aromatic N) is 5. The largest absolute Gasteiger partial charge is 0.392 e. The van der Waals surface area contributed by atoms with Crippen LogP contribution in [0, 0.1) is 0 Å². The Hall–Kier alpha value is -2.93. The lowest BCUT2D eigenvalue weighted by Crippen LogP contribution is -2.51. The molecule has 0 aliphatic carbocycles. The minimum Gasteiger partial charge on any atom is -0.392 e. The highest BCUT2D eigenvalue weighted by Crippen LogP contribution is 2.26. The molecule has 3 aromatic heterocycles. The topological polar surface area (TPSA) is 104 Å². The standard InChI is InChI=1S/C27H32F2N6O3S/c1-16-12-34(13-17(2)38-16)25-5-3-4-22(33-25)23-7-6-18-11-30-19(9-24(18)32-23)10-26(37)31-20-8-21(36)15-35(14-20)39-27(28)29/h3-7,9,11,16-17,20-21,27,36H,8,10,12-15H2,1-2H3,(H,31,37). The molecule has 39 heavy (non-hydrogen) atoms. The highest BCUT2D eigenvalue weighted by atomic mass is 32.2. The van der Waals surface area contributed by atoms with Crippen molar-refractivity contribution in [2.24, 2.45) is 0 Å². The van der Waals surface area contributed by atoms with Crippen molar-refractivity contribution < 1.29 is 23.4 Å². The molecule has 0 radical (unpaired) electrons. The van der Waals surface area contributed by atoms with Crippen molar-refractivity contribution in [3.8, 4) is 11.4 Å². The fourth-order valence-corrected chi connectivity index (χ4v) is 5.93. The molecule has 4 atom stereocenters. The number of alkyl halides is 2. The molecule has 0 saturated carbocycles. The molecule has 0 spiro atoms. The summed E-state index contributed by atoms with van der Waals surface area (Å²) in [5.41, 5.74) is 2.70. The molecule has 3 aromatic rings. The second-order valence-corrected chi connectivity index (χ2v) is 11.2. The average Bonchev–Trinajstić information content (AvgIpc) is 2.87. The molecule has 5 heterocycles. The first kappa shape index (κ1) is 27.6. The number of amides is 1. The first-order valence-corrected chi connectivity index (χ1v) is 13.9. The minimum absolute atomic E-state index is 0.0115. The van der Waals surface area contributed by atoms with Gasteiger partial charge >= 0.3 is 0 Å². The van der Waals surface area contributed by atoms with Crippen LogP contribution in [0.4, 0.5) is 14.6 Å². The number of ether oxygens (including phenoxy) is 1. The molecule has 12 heteroatoms. The molecule has 1 amide bonds. The average molecular weight is 559 g/mol. The van der Waals surface area contributed by atoms with Gasteiger partial charge in [0.15, 0.2) is 0 Å². The first-order chi connectivity index (χ1) is 18.7. The number of fused-ring (bicyclic) bond motifs is 1. The number of nitrogens with one attached hydrogen (secondary N) is 1. The molecule has 0 bridgehead atoms. The summed E-state index contributed by atoms with van der Waals surface area (Å²) >= 11 is 0.378. The van der Waals surface area contributed by atoms with E-state index in [1.54, 1.807) is 12.3 Å². The first-order valence-electron chi connectivity index (χ1n) is 13.0. The van der Waals surface area contributed by atoms with Crippen LogP contribution in [0.3, 0.4) is 0 Å². The van der Waals surface area contributed by atoms with Crippen LogP contribution < -0.4 is 10.2 Å². The third kappa shape index (κ3) is 7.18. The fraction of sp³-hybridized carbons (Fsp3) is 0.481. The quantitative estimate of drug-likeness (QED) is 0.423. The molecule has 208 valence electrons. The summed E-state index contributed by atoms with van der Waals surface area (Å²) in [6.45, 7) is 6.04. The number of carbonyl (C=O) groups is 1. The maximum atomic E-state index is 12.7. The lowest BCUT2D eigenvalue weighted by Gasteiger charge is -2.36. The fourth-order valence-electron chi connectivity index (χ4n) is 5.18. The van der Waals surface area contributed by atoms with Gasteiger partial charge in [-0.2, -0.15) is 8.78 Å². The van der Waals surface area contributed by atoms with E-state index in [0.717, 1.165) is 30.0 Å². The van der Waals surface area contributed by atoms with Crippen molar-refractivity contribution in [3.05, 3.63) is 48.3 Å². The van der Waals surface area contributed by atoms with Crippen LogP contribution in [0.15, 0.2) is 42.6 Å². The summed E-state index contributed by atoms with van der Waals surface area (Å²) in [4.78, 5) is 29.0. The van der Waals surface area contributed by atoms with E-state index in [1.165, 1.54) is 4.31 Å². The molecule has 5 rings (SSSR count). The van der Waals surface area contributed by atoms with E-state index >= 15 is 0 Å². The number of hydrogen-bond donors (Lipinski definition) is 2. The molecule has 2 N–H and O–H groups in total. The molecule has 2 fully saturated rings. The van der Waals surface area contributed by atoms with Gasteiger partial charge in [0.2, 0.25) is 5.91 Å². The normalized spacial score (nSPS) is 24.3. The van der Waals surface area contributed by atoms with E-state index in [9.17, 15) is 18.7 Å². The van der Waals surface area contributed by atoms with E-state index in [1.807, 2.05) is 30.3 Å². The Morgan fingerprint density at radius 2 is 1.90 bits per heavy atom. The molecule has 2 aliphatic heterocycles. The van der Waals surface area contributed by atoms with Crippen molar-refractivity contribution in [1.82, 2.24) is 24.6 Å². The van der Waals surface area contributed by atoms with Crippen molar-refractivity contribution >= 4 is 34.6 Å². The van der Waals surface area contributed by atoms with E-state index in [-0.39, 0.29) is 37.6 Å². The molecular formula is C27H32F2N6O3S. The number of rotatable bonds is 7. The number of halogens is 2. The zero-order valence-corrected chi connectivity index (χ0v) is 22.7. The van der Waals surface area contributed by atoms with Crippen molar-refractivity contribution in [2.45, 2.75) is 56.8 Å². The van der Waals surface area contributed by atoms with Gasteiger partial charge in [-0.1, -0.05) is 6.07 Å². The number of aromatic nitrogens is 3. The van der Waals surface area contributed by atoms with Gasteiger partial charge in [0.1, 0.15) is 5.82 Å². The molecule has 4 unspecified atom stereocenters. The number of hydrogen-bond acceptors (Lipinski definition) is 9. The van der Waals surface area contributed by atoms with Gasteiger partial charge in [-0.3, -0.25) is 9.78 Å². The molecule has 2 saturated heterocycles. The number of pyridine rings is 3. The number of anilines is 1. The van der Waals surface area contributed by atoms with Gasteiger partial charge in [0.05, 0.1) is 47.3 Å². The van der Waals surface area contributed by atoms with Crippen LogP contribution in [0.25, 0.3) is 22.3 Å². The van der Waals surface area contributed by atoms with Crippen molar-refractivity contribution in [1.29, 1.82) is 0 Å². The van der Waals surface area contributed by atoms with E-state index < -0.39 is 17.9 Å². The summed E-state index contributed by atoms with van der Waals surface area (Å²) < 4.78 is 32.7. The Labute approximate surface area is 230 Å². The van der Waals surface area contributed by atoms with E-state index in [4.69, 9.17) is 14.7 Å². The Balaban J connectivity index is 1.28. The number of piperidine rings is 1. The van der Waals surface area contributed by atoms with Crippen LogP contribution >= 0.6 is 11.9 Å². The summed E-state index contributed by atoms with van der Waals surface area (Å²) in [5, 5.41) is 13.7. The number of carbonyl (C=O) groups excluding carboxylic acids is 1. The van der Waals surface area contributed by atoms with Crippen LogP contribution in [0.2, 0.25) is 0 Å². The lowest BCUT2D eigenvalue weighted by molar-refractivity contribution is -0.121.